The van der Waals surface area contributed by atoms with E-state index in [1.807, 2.05) is 0 Å². The van der Waals surface area contributed by atoms with Crippen LogP contribution in [0.2, 0.25) is 0 Å². The summed E-state index contributed by atoms with van der Waals surface area (Å²) in [5.74, 6) is 0.0562. The summed E-state index contributed by atoms with van der Waals surface area (Å²) in [5, 5.41) is 11.8. The maximum atomic E-state index is 12.2. The number of hydrogen-bond acceptors (Lipinski definition) is 6. The van der Waals surface area contributed by atoms with Gasteiger partial charge in [-0.2, -0.15) is 0 Å². The molecule has 118 valence electrons. The van der Waals surface area contributed by atoms with Crippen LogP contribution in [0.15, 0.2) is 29.2 Å². The Bertz CT molecular complexity index is 782. The lowest BCUT2D eigenvalue weighted by Gasteiger charge is -2.03. The lowest BCUT2D eigenvalue weighted by Crippen LogP contribution is -2.12. The first-order valence-corrected chi connectivity index (χ1v) is 9.40. The van der Waals surface area contributed by atoms with Gasteiger partial charge in [-0.1, -0.05) is 31.3 Å². The van der Waals surface area contributed by atoms with Crippen LogP contribution in [0.3, 0.4) is 0 Å². The molecule has 0 unspecified atom stereocenters. The number of amides is 1. The van der Waals surface area contributed by atoms with Gasteiger partial charge in [0.2, 0.25) is 5.13 Å². The van der Waals surface area contributed by atoms with Gasteiger partial charge in [0.15, 0.2) is 9.84 Å². The van der Waals surface area contributed by atoms with E-state index in [2.05, 4.69) is 29.4 Å². The molecule has 0 radical (unpaired) electrons. The minimum Gasteiger partial charge on any atom is -0.296 e. The van der Waals surface area contributed by atoms with Crippen molar-refractivity contribution in [3.63, 3.8) is 0 Å². The fourth-order valence-electron chi connectivity index (χ4n) is 1.77. The zero-order valence-corrected chi connectivity index (χ0v) is 14.2. The molecule has 0 aliphatic carbocycles. The maximum Gasteiger partial charge on any atom is 0.257 e. The van der Waals surface area contributed by atoms with Crippen molar-refractivity contribution in [3.05, 3.63) is 34.8 Å². The second-order valence-corrected chi connectivity index (χ2v) is 8.43. The summed E-state index contributed by atoms with van der Waals surface area (Å²) in [4.78, 5) is 12.3. The van der Waals surface area contributed by atoms with E-state index in [9.17, 15) is 13.2 Å². The number of sulfone groups is 1. The number of carbonyl (C=O) groups is 1. The Balaban J connectivity index is 2.14. The summed E-state index contributed by atoms with van der Waals surface area (Å²) in [6, 6.07) is 5.90. The summed E-state index contributed by atoms with van der Waals surface area (Å²) >= 11 is 1.32. The highest BCUT2D eigenvalue weighted by Gasteiger charge is 2.14. The molecule has 2 aromatic rings. The highest BCUT2D eigenvalue weighted by Crippen LogP contribution is 2.19. The first kappa shape index (κ1) is 16.6. The van der Waals surface area contributed by atoms with E-state index in [1.54, 1.807) is 6.07 Å². The van der Waals surface area contributed by atoms with Crippen LogP contribution >= 0.6 is 11.3 Å². The van der Waals surface area contributed by atoms with E-state index in [0.717, 1.165) is 17.7 Å². The molecular formula is C14H17N3O3S2. The number of hydrogen-bond donors (Lipinski definition) is 1. The third kappa shape index (κ3) is 4.35. The Labute approximate surface area is 133 Å². The highest BCUT2D eigenvalue weighted by molar-refractivity contribution is 7.90. The minimum absolute atomic E-state index is 0.109. The summed E-state index contributed by atoms with van der Waals surface area (Å²) in [6.07, 6.45) is 1.91. The summed E-state index contributed by atoms with van der Waals surface area (Å²) in [6.45, 7) is 4.16. The fraction of sp³-hybridized carbons (Fsp3) is 0.357. The van der Waals surface area contributed by atoms with E-state index >= 15 is 0 Å². The van der Waals surface area contributed by atoms with Gasteiger partial charge in [0.05, 0.1) is 4.90 Å². The van der Waals surface area contributed by atoms with Crippen molar-refractivity contribution in [2.75, 3.05) is 11.6 Å². The zero-order chi connectivity index (χ0) is 16.3. The van der Waals surface area contributed by atoms with Crippen LogP contribution in [0.25, 0.3) is 0 Å². The zero-order valence-electron chi connectivity index (χ0n) is 12.5. The smallest absolute Gasteiger partial charge is 0.257 e. The van der Waals surface area contributed by atoms with Crippen molar-refractivity contribution < 1.29 is 13.2 Å². The van der Waals surface area contributed by atoms with Gasteiger partial charge in [-0.05, 0) is 24.1 Å². The number of nitrogens with one attached hydrogen (secondary N) is 1. The average Bonchev–Trinajstić information content (AvgIpc) is 2.84. The van der Waals surface area contributed by atoms with Crippen LogP contribution in [0, 0.1) is 5.92 Å². The number of nitrogens with zero attached hydrogens (tertiary/aromatic N) is 2. The molecule has 0 saturated carbocycles. The van der Waals surface area contributed by atoms with Crippen LogP contribution < -0.4 is 5.32 Å². The Morgan fingerprint density at radius 3 is 2.68 bits per heavy atom. The quantitative estimate of drug-likeness (QED) is 0.903. The molecule has 1 amide bonds. The van der Waals surface area contributed by atoms with Gasteiger partial charge >= 0.3 is 0 Å². The van der Waals surface area contributed by atoms with E-state index < -0.39 is 15.7 Å². The normalized spacial score (nSPS) is 11.6. The van der Waals surface area contributed by atoms with Crippen LogP contribution in [0.5, 0.6) is 0 Å². The lowest BCUT2D eigenvalue weighted by atomic mass is 10.1. The van der Waals surface area contributed by atoms with Crippen LogP contribution in [-0.2, 0) is 16.3 Å². The first-order valence-electron chi connectivity index (χ1n) is 6.69. The van der Waals surface area contributed by atoms with Crippen molar-refractivity contribution >= 4 is 32.2 Å². The monoisotopic (exact) mass is 339 g/mol. The van der Waals surface area contributed by atoms with Gasteiger partial charge in [-0.25, -0.2) is 8.42 Å². The average molecular weight is 339 g/mol. The Morgan fingerprint density at radius 2 is 2.05 bits per heavy atom. The number of benzene rings is 1. The molecule has 6 nitrogen and oxygen atoms in total. The molecule has 22 heavy (non-hydrogen) atoms. The first-order chi connectivity index (χ1) is 10.3. The topological polar surface area (TPSA) is 89.0 Å². The van der Waals surface area contributed by atoms with Crippen LogP contribution in [0.4, 0.5) is 5.13 Å². The largest absolute Gasteiger partial charge is 0.296 e. The lowest BCUT2D eigenvalue weighted by molar-refractivity contribution is 0.102. The van der Waals surface area contributed by atoms with E-state index in [1.165, 1.54) is 29.5 Å². The SMILES string of the molecule is CC(C)Cc1nnc(NC(=O)c2cccc(S(C)(=O)=O)c2)s1. The van der Waals surface area contributed by atoms with E-state index in [0.29, 0.717) is 11.0 Å². The summed E-state index contributed by atoms with van der Waals surface area (Å²) < 4.78 is 23.0. The van der Waals surface area contributed by atoms with Gasteiger partial charge in [0.1, 0.15) is 5.01 Å². The molecule has 0 saturated heterocycles. The number of aromatic nitrogens is 2. The third-order valence-electron chi connectivity index (χ3n) is 2.79. The Hall–Kier alpha value is -1.80. The van der Waals surface area contributed by atoms with Gasteiger partial charge < -0.3 is 0 Å². The van der Waals surface area contributed by atoms with Crippen molar-refractivity contribution in [1.29, 1.82) is 0 Å². The molecule has 8 heteroatoms. The molecule has 0 aliphatic heterocycles. The van der Waals surface area contributed by atoms with Crippen molar-refractivity contribution in [1.82, 2.24) is 10.2 Å². The second kappa shape index (κ2) is 6.53. The second-order valence-electron chi connectivity index (χ2n) is 5.35. The molecule has 2 rings (SSSR count). The van der Waals surface area contributed by atoms with Gasteiger partial charge in [-0.3, -0.25) is 10.1 Å². The molecule has 1 aromatic heterocycles. The third-order valence-corrected chi connectivity index (χ3v) is 4.77. The molecular weight excluding hydrogens is 322 g/mol. The standard InChI is InChI=1S/C14H17N3O3S2/c1-9(2)7-12-16-17-14(21-12)15-13(18)10-5-4-6-11(8-10)22(3,19)20/h4-6,8-9H,7H2,1-3H3,(H,15,17,18). The van der Waals surface area contributed by atoms with Crippen molar-refractivity contribution in [2.24, 2.45) is 5.92 Å². The summed E-state index contributed by atoms with van der Waals surface area (Å²) in [5.41, 5.74) is 0.267. The molecule has 1 N–H and O–H groups in total. The van der Waals surface area contributed by atoms with Crippen LogP contribution in [-0.4, -0.2) is 30.8 Å². The molecule has 0 bridgehead atoms. The molecule has 0 atom stereocenters. The fourth-order valence-corrected chi connectivity index (χ4v) is 3.39. The molecule has 0 fully saturated rings. The van der Waals surface area contributed by atoms with Crippen molar-refractivity contribution in [3.8, 4) is 0 Å². The molecule has 1 aromatic carbocycles. The van der Waals surface area contributed by atoms with Gasteiger partial charge in [0.25, 0.3) is 5.91 Å². The highest BCUT2D eigenvalue weighted by atomic mass is 32.2. The Kier molecular flexibility index (Phi) is 4.92. The summed E-state index contributed by atoms with van der Waals surface area (Å²) in [7, 11) is -3.35. The van der Waals surface area contributed by atoms with E-state index in [-0.39, 0.29) is 10.5 Å². The predicted molar refractivity (Wildman–Crippen MR) is 86.0 cm³/mol. The number of anilines is 1. The molecule has 0 aliphatic rings. The molecule has 0 spiro atoms. The number of rotatable bonds is 5. The maximum absolute atomic E-state index is 12.2. The number of carbonyl (C=O) groups excluding carboxylic acids is 1. The van der Waals surface area contributed by atoms with Crippen LogP contribution in [0.1, 0.15) is 29.2 Å². The molecule has 1 heterocycles. The Morgan fingerprint density at radius 1 is 1.32 bits per heavy atom. The predicted octanol–water partition coefficient (Wildman–Crippen LogP) is 2.39. The van der Waals surface area contributed by atoms with Gasteiger partial charge in [0, 0.05) is 18.2 Å². The van der Waals surface area contributed by atoms with Crippen molar-refractivity contribution in [2.45, 2.75) is 25.2 Å². The van der Waals surface area contributed by atoms with Gasteiger partial charge in [-0.15, -0.1) is 10.2 Å². The minimum atomic E-state index is -3.35. The van der Waals surface area contributed by atoms with E-state index in [4.69, 9.17) is 0 Å².